The maximum absolute atomic E-state index is 13.1. The number of benzene rings is 2. The van der Waals surface area contributed by atoms with Crippen molar-refractivity contribution in [1.29, 1.82) is 0 Å². The Morgan fingerprint density at radius 2 is 1.56 bits per heavy atom. The molecule has 1 aromatic heterocycles. The van der Waals surface area contributed by atoms with Crippen LogP contribution in [0, 0.1) is 34.6 Å². The first kappa shape index (κ1) is 19.2. The minimum Gasteiger partial charge on any atom is -0.276 e. The molecule has 0 bridgehead atoms. The van der Waals surface area contributed by atoms with Crippen LogP contribution in [-0.4, -0.2) is 18.2 Å². The maximum atomic E-state index is 13.1. The van der Waals surface area contributed by atoms with Crippen molar-refractivity contribution in [2.75, 3.05) is 4.72 Å². The lowest BCUT2D eigenvalue weighted by Gasteiger charge is -2.14. The number of nitrogens with zero attached hydrogens (tertiary/aromatic N) is 2. The van der Waals surface area contributed by atoms with E-state index in [0.717, 1.165) is 27.9 Å². The molecule has 5 nitrogen and oxygen atoms in total. The second-order valence-corrected chi connectivity index (χ2v) is 8.64. The van der Waals surface area contributed by atoms with E-state index in [4.69, 9.17) is 0 Å². The molecule has 6 heteroatoms. The van der Waals surface area contributed by atoms with Gasteiger partial charge in [0.2, 0.25) is 0 Å². The lowest BCUT2D eigenvalue weighted by atomic mass is 10.1. The highest BCUT2D eigenvalue weighted by Crippen LogP contribution is 2.27. The molecule has 0 saturated carbocycles. The van der Waals surface area contributed by atoms with Gasteiger partial charge in [-0.3, -0.25) is 9.40 Å². The van der Waals surface area contributed by atoms with Gasteiger partial charge in [-0.1, -0.05) is 48.0 Å². The van der Waals surface area contributed by atoms with Crippen LogP contribution in [0.15, 0.2) is 47.4 Å². The summed E-state index contributed by atoms with van der Waals surface area (Å²) in [6.45, 7) is 9.92. The zero-order valence-corrected chi connectivity index (χ0v) is 17.2. The SMILES string of the molecule is Cc1cc(C)c(S(=O)(=O)Nc2c(C)nn(Cc3ccccc3)c2C)c(C)c1. The zero-order chi connectivity index (χ0) is 19.8. The largest absolute Gasteiger partial charge is 0.276 e. The van der Waals surface area contributed by atoms with Crippen molar-refractivity contribution in [2.24, 2.45) is 0 Å². The van der Waals surface area contributed by atoms with Crippen molar-refractivity contribution in [1.82, 2.24) is 9.78 Å². The van der Waals surface area contributed by atoms with Crippen LogP contribution in [0.5, 0.6) is 0 Å². The number of sulfonamides is 1. The van der Waals surface area contributed by atoms with E-state index in [2.05, 4.69) is 9.82 Å². The first-order valence-electron chi connectivity index (χ1n) is 8.87. The van der Waals surface area contributed by atoms with E-state index in [0.29, 0.717) is 22.8 Å². The van der Waals surface area contributed by atoms with Crippen molar-refractivity contribution >= 4 is 15.7 Å². The zero-order valence-electron chi connectivity index (χ0n) is 16.4. The molecule has 0 aliphatic heterocycles. The Hall–Kier alpha value is -2.60. The van der Waals surface area contributed by atoms with Crippen LogP contribution in [0.4, 0.5) is 5.69 Å². The van der Waals surface area contributed by atoms with Gasteiger partial charge < -0.3 is 0 Å². The van der Waals surface area contributed by atoms with Crippen molar-refractivity contribution in [3.8, 4) is 0 Å². The molecule has 0 spiro atoms. The molecule has 0 radical (unpaired) electrons. The van der Waals surface area contributed by atoms with E-state index in [-0.39, 0.29) is 0 Å². The van der Waals surface area contributed by atoms with E-state index in [1.807, 2.05) is 81.8 Å². The fourth-order valence-electron chi connectivity index (χ4n) is 3.53. The highest BCUT2D eigenvalue weighted by Gasteiger charge is 2.23. The molecular weight excluding hydrogens is 358 g/mol. The van der Waals surface area contributed by atoms with Crippen LogP contribution in [-0.2, 0) is 16.6 Å². The summed E-state index contributed by atoms with van der Waals surface area (Å²) in [6.07, 6.45) is 0. The van der Waals surface area contributed by atoms with Gasteiger partial charge in [0.05, 0.1) is 28.5 Å². The van der Waals surface area contributed by atoms with Crippen LogP contribution in [0.3, 0.4) is 0 Å². The van der Waals surface area contributed by atoms with Crippen molar-refractivity contribution < 1.29 is 8.42 Å². The highest BCUT2D eigenvalue weighted by molar-refractivity contribution is 7.92. The third-order valence-electron chi connectivity index (χ3n) is 4.67. The van der Waals surface area contributed by atoms with Crippen LogP contribution in [0.2, 0.25) is 0 Å². The van der Waals surface area contributed by atoms with Crippen molar-refractivity contribution in [3.63, 3.8) is 0 Å². The summed E-state index contributed by atoms with van der Waals surface area (Å²) < 4.78 is 30.8. The van der Waals surface area contributed by atoms with Gasteiger partial charge in [-0.15, -0.1) is 0 Å². The summed E-state index contributed by atoms with van der Waals surface area (Å²) in [5, 5.41) is 4.53. The lowest BCUT2D eigenvalue weighted by Crippen LogP contribution is -2.17. The molecule has 0 amide bonds. The number of hydrogen-bond acceptors (Lipinski definition) is 3. The minimum absolute atomic E-state index is 0.336. The number of anilines is 1. The molecule has 0 aliphatic carbocycles. The standard InChI is InChI=1S/C21H25N3O2S/c1-14-11-15(2)21(16(3)12-14)27(25,26)23-20-17(4)22-24(18(20)5)13-19-9-7-6-8-10-19/h6-12,23H,13H2,1-5H3. The summed E-state index contributed by atoms with van der Waals surface area (Å²) in [5.74, 6) is 0. The minimum atomic E-state index is -3.70. The van der Waals surface area contributed by atoms with Crippen LogP contribution in [0.1, 0.15) is 33.6 Å². The summed E-state index contributed by atoms with van der Waals surface area (Å²) in [5.41, 5.74) is 5.65. The molecule has 0 fully saturated rings. The lowest BCUT2D eigenvalue weighted by molar-refractivity contribution is 0.600. The average Bonchev–Trinajstić information content (AvgIpc) is 2.81. The number of rotatable bonds is 5. The van der Waals surface area contributed by atoms with Gasteiger partial charge in [0.15, 0.2) is 0 Å². The second kappa shape index (κ2) is 7.19. The van der Waals surface area contributed by atoms with Gasteiger partial charge >= 0.3 is 0 Å². The van der Waals surface area contributed by atoms with Gasteiger partial charge in [0.25, 0.3) is 10.0 Å². The van der Waals surface area contributed by atoms with Crippen LogP contribution in [0.25, 0.3) is 0 Å². The molecule has 142 valence electrons. The van der Waals surface area contributed by atoms with Crippen molar-refractivity contribution in [2.45, 2.75) is 46.1 Å². The van der Waals surface area contributed by atoms with E-state index in [1.54, 1.807) is 0 Å². The van der Waals surface area contributed by atoms with Gasteiger partial charge in [0.1, 0.15) is 0 Å². The summed E-state index contributed by atoms with van der Waals surface area (Å²) >= 11 is 0. The number of aryl methyl sites for hydroxylation is 4. The monoisotopic (exact) mass is 383 g/mol. The quantitative estimate of drug-likeness (QED) is 0.715. The van der Waals surface area contributed by atoms with Gasteiger partial charge in [-0.05, 0) is 51.3 Å². The average molecular weight is 384 g/mol. The molecular formula is C21H25N3O2S. The molecule has 3 aromatic rings. The predicted octanol–water partition coefficient (Wildman–Crippen LogP) is 4.27. The predicted molar refractivity (Wildman–Crippen MR) is 109 cm³/mol. The highest BCUT2D eigenvalue weighted by atomic mass is 32.2. The van der Waals surface area contributed by atoms with E-state index in [9.17, 15) is 8.42 Å². The molecule has 1 heterocycles. The Morgan fingerprint density at radius 3 is 2.15 bits per heavy atom. The molecule has 0 aliphatic rings. The van der Waals surface area contributed by atoms with Crippen molar-refractivity contribution in [3.05, 3.63) is 76.1 Å². The Bertz CT molecular complexity index is 1060. The second-order valence-electron chi connectivity index (χ2n) is 7.02. The van der Waals surface area contributed by atoms with Gasteiger partial charge in [-0.25, -0.2) is 8.42 Å². The topological polar surface area (TPSA) is 64.0 Å². The fraction of sp³-hybridized carbons (Fsp3) is 0.286. The van der Waals surface area contributed by atoms with Gasteiger partial charge in [0, 0.05) is 0 Å². The van der Waals surface area contributed by atoms with Crippen LogP contribution < -0.4 is 4.72 Å². The van der Waals surface area contributed by atoms with Gasteiger partial charge in [-0.2, -0.15) is 5.10 Å². The Kier molecular flexibility index (Phi) is 5.11. The third kappa shape index (κ3) is 3.90. The van der Waals surface area contributed by atoms with E-state index >= 15 is 0 Å². The molecule has 0 atom stereocenters. The Labute approximate surface area is 161 Å². The van der Waals surface area contributed by atoms with E-state index in [1.165, 1.54) is 0 Å². The smallest absolute Gasteiger partial charge is 0.262 e. The normalized spacial score (nSPS) is 11.6. The fourth-order valence-corrected chi connectivity index (χ4v) is 5.16. The van der Waals surface area contributed by atoms with E-state index < -0.39 is 10.0 Å². The number of nitrogens with one attached hydrogen (secondary N) is 1. The summed E-state index contributed by atoms with van der Waals surface area (Å²) in [7, 11) is -3.70. The molecule has 0 unspecified atom stereocenters. The maximum Gasteiger partial charge on any atom is 0.262 e. The number of aromatic nitrogens is 2. The third-order valence-corrected chi connectivity index (χ3v) is 6.32. The molecule has 2 aromatic carbocycles. The molecule has 27 heavy (non-hydrogen) atoms. The molecule has 1 N–H and O–H groups in total. The molecule has 0 saturated heterocycles. The Balaban J connectivity index is 1.96. The molecule has 3 rings (SSSR count). The van der Waals surface area contributed by atoms with Crippen LogP contribution >= 0.6 is 0 Å². The summed E-state index contributed by atoms with van der Waals surface area (Å²) in [4.78, 5) is 0.336. The first-order valence-corrected chi connectivity index (χ1v) is 10.4. The summed E-state index contributed by atoms with van der Waals surface area (Å²) in [6, 6.07) is 13.8. The number of hydrogen-bond donors (Lipinski definition) is 1. The first-order chi connectivity index (χ1) is 12.7. The Morgan fingerprint density at radius 1 is 0.963 bits per heavy atom.